The maximum absolute atomic E-state index is 10.9. The molecule has 3 fully saturated rings. The normalized spacial score (nSPS) is 54.0. The summed E-state index contributed by atoms with van der Waals surface area (Å²) in [6.07, 6.45) is 11.5. The number of allylic oxidation sites excluding steroid dienone is 1. The minimum atomic E-state index is -1.29. The predicted molar refractivity (Wildman–Crippen MR) is 84.8 cm³/mol. The molecule has 0 radical (unpaired) electrons. The second kappa shape index (κ2) is 5.06. The summed E-state index contributed by atoms with van der Waals surface area (Å²) < 4.78 is 0. The molecule has 7 atom stereocenters. The second-order valence-electron chi connectivity index (χ2n) is 8.70. The number of hydrogen-bond acceptors (Lipinski definition) is 3. The van der Waals surface area contributed by atoms with Gasteiger partial charge in [0.1, 0.15) is 0 Å². The van der Waals surface area contributed by atoms with Crippen molar-refractivity contribution < 1.29 is 15.3 Å². The third-order valence-corrected chi connectivity index (χ3v) is 8.07. The van der Waals surface area contributed by atoms with Gasteiger partial charge in [-0.25, -0.2) is 0 Å². The minimum Gasteiger partial charge on any atom is -0.393 e. The zero-order valence-corrected chi connectivity index (χ0v) is 13.6. The maximum atomic E-state index is 10.9. The molecular formula is C19H30O3. The summed E-state index contributed by atoms with van der Waals surface area (Å²) in [5.74, 6) is 1.67. The maximum Gasteiger partial charge on any atom is 0.160 e. The van der Waals surface area contributed by atoms with Crippen molar-refractivity contribution in [1.82, 2.24) is 0 Å². The first-order valence-corrected chi connectivity index (χ1v) is 9.21. The highest BCUT2D eigenvalue weighted by Crippen LogP contribution is 2.65. The molecule has 0 bridgehead atoms. The predicted octanol–water partition coefficient (Wildman–Crippen LogP) is 2.85. The monoisotopic (exact) mass is 306 g/mol. The molecule has 0 amide bonds. The molecule has 0 aromatic heterocycles. The highest BCUT2D eigenvalue weighted by Gasteiger charge is 2.61. The molecule has 124 valence electrons. The lowest BCUT2D eigenvalue weighted by molar-refractivity contribution is -0.208. The molecule has 3 heteroatoms. The van der Waals surface area contributed by atoms with Gasteiger partial charge in [0.25, 0.3) is 0 Å². The van der Waals surface area contributed by atoms with Crippen molar-refractivity contribution in [1.29, 1.82) is 0 Å². The largest absolute Gasteiger partial charge is 0.393 e. The van der Waals surface area contributed by atoms with Crippen LogP contribution in [0.3, 0.4) is 0 Å². The Labute approximate surface area is 133 Å². The van der Waals surface area contributed by atoms with E-state index in [-0.39, 0.29) is 17.9 Å². The minimum absolute atomic E-state index is 0.209. The summed E-state index contributed by atoms with van der Waals surface area (Å²) in [5.41, 5.74) is -0.142. The van der Waals surface area contributed by atoms with E-state index in [1.165, 1.54) is 25.7 Å². The molecule has 22 heavy (non-hydrogen) atoms. The molecule has 0 aromatic rings. The van der Waals surface area contributed by atoms with Crippen LogP contribution in [-0.2, 0) is 0 Å². The third-order valence-electron chi connectivity index (χ3n) is 8.07. The average Bonchev–Trinajstić information content (AvgIpc) is 2.93. The van der Waals surface area contributed by atoms with Crippen molar-refractivity contribution in [2.75, 3.05) is 0 Å². The first-order valence-electron chi connectivity index (χ1n) is 9.21. The highest BCUT2D eigenvalue weighted by molar-refractivity contribution is 5.19. The van der Waals surface area contributed by atoms with Crippen LogP contribution in [0.25, 0.3) is 0 Å². The van der Waals surface area contributed by atoms with E-state index in [1.807, 2.05) is 6.08 Å². The second-order valence-corrected chi connectivity index (χ2v) is 8.70. The molecule has 0 saturated heterocycles. The first kappa shape index (κ1) is 15.2. The van der Waals surface area contributed by atoms with Gasteiger partial charge in [-0.15, -0.1) is 0 Å². The molecule has 4 aliphatic carbocycles. The van der Waals surface area contributed by atoms with E-state index in [2.05, 4.69) is 13.0 Å². The fraction of sp³-hybridized carbons (Fsp3) is 0.895. The Balaban J connectivity index is 1.70. The van der Waals surface area contributed by atoms with Gasteiger partial charge in [-0.1, -0.05) is 31.9 Å². The summed E-state index contributed by atoms with van der Waals surface area (Å²) in [5, 5.41) is 31.0. The SMILES string of the molecule is C[C@]12CCCCC1CC(O)[C@@H]1[C@@H]2CC[C@]2(C(O)O)C=CC[C@@H]12. The Kier molecular flexibility index (Phi) is 3.49. The fourth-order valence-electron chi connectivity index (χ4n) is 6.91. The van der Waals surface area contributed by atoms with Crippen LogP contribution >= 0.6 is 0 Å². The zero-order chi connectivity index (χ0) is 15.5. The van der Waals surface area contributed by atoms with E-state index in [9.17, 15) is 15.3 Å². The molecule has 0 aromatic carbocycles. The van der Waals surface area contributed by atoms with E-state index < -0.39 is 11.7 Å². The van der Waals surface area contributed by atoms with Crippen LogP contribution in [0, 0.1) is 34.5 Å². The van der Waals surface area contributed by atoms with Gasteiger partial charge in [-0.3, -0.25) is 0 Å². The van der Waals surface area contributed by atoms with E-state index in [0.29, 0.717) is 17.3 Å². The number of aliphatic hydroxyl groups is 3. The molecule has 0 heterocycles. The van der Waals surface area contributed by atoms with Crippen molar-refractivity contribution in [2.45, 2.75) is 70.7 Å². The van der Waals surface area contributed by atoms with Crippen LogP contribution in [0.1, 0.15) is 58.3 Å². The van der Waals surface area contributed by atoms with Crippen molar-refractivity contribution in [3.63, 3.8) is 0 Å². The van der Waals surface area contributed by atoms with Gasteiger partial charge in [0.15, 0.2) is 6.29 Å². The van der Waals surface area contributed by atoms with Gasteiger partial charge in [-0.2, -0.15) is 0 Å². The van der Waals surface area contributed by atoms with Gasteiger partial charge in [-0.05, 0) is 67.6 Å². The Morgan fingerprint density at radius 2 is 1.91 bits per heavy atom. The van der Waals surface area contributed by atoms with Crippen LogP contribution in [0.15, 0.2) is 12.2 Å². The number of fused-ring (bicyclic) bond motifs is 5. The lowest BCUT2D eigenvalue weighted by Gasteiger charge is -2.61. The molecule has 0 spiro atoms. The van der Waals surface area contributed by atoms with Crippen molar-refractivity contribution >= 4 is 0 Å². The zero-order valence-electron chi connectivity index (χ0n) is 13.6. The summed E-state index contributed by atoms with van der Waals surface area (Å²) in [6, 6.07) is 0. The first-order chi connectivity index (χ1) is 10.5. The Morgan fingerprint density at radius 3 is 2.68 bits per heavy atom. The molecule has 4 aliphatic rings. The molecular weight excluding hydrogens is 276 g/mol. The lowest BCUT2D eigenvalue weighted by Crippen LogP contribution is -2.59. The van der Waals surface area contributed by atoms with E-state index in [1.54, 1.807) is 0 Å². The Bertz CT molecular complexity index is 473. The van der Waals surface area contributed by atoms with Gasteiger partial charge in [0, 0.05) is 5.41 Å². The van der Waals surface area contributed by atoms with Crippen LogP contribution in [0.4, 0.5) is 0 Å². The summed E-state index contributed by atoms with van der Waals surface area (Å²) in [4.78, 5) is 0. The quantitative estimate of drug-likeness (QED) is 0.516. The highest BCUT2D eigenvalue weighted by atomic mass is 16.5. The smallest absolute Gasteiger partial charge is 0.160 e. The molecule has 3 nitrogen and oxygen atoms in total. The van der Waals surface area contributed by atoms with E-state index in [4.69, 9.17) is 0 Å². The Morgan fingerprint density at radius 1 is 1.09 bits per heavy atom. The van der Waals surface area contributed by atoms with Crippen LogP contribution < -0.4 is 0 Å². The van der Waals surface area contributed by atoms with Gasteiger partial charge in [0.2, 0.25) is 0 Å². The molecule has 0 aliphatic heterocycles. The van der Waals surface area contributed by atoms with Crippen molar-refractivity contribution in [3.8, 4) is 0 Å². The van der Waals surface area contributed by atoms with E-state index >= 15 is 0 Å². The molecule has 3 N–H and O–H groups in total. The summed E-state index contributed by atoms with van der Waals surface area (Å²) >= 11 is 0. The number of aliphatic hydroxyl groups excluding tert-OH is 2. The lowest BCUT2D eigenvalue weighted by atomic mass is 9.44. The van der Waals surface area contributed by atoms with Crippen molar-refractivity contribution in [2.24, 2.45) is 34.5 Å². The molecule has 3 saturated carbocycles. The van der Waals surface area contributed by atoms with E-state index in [0.717, 1.165) is 25.7 Å². The van der Waals surface area contributed by atoms with Crippen LogP contribution in [0.5, 0.6) is 0 Å². The summed E-state index contributed by atoms with van der Waals surface area (Å²) in [7, 11) is 0. The topological polar surface area (TPSA) is 60.7 Å². The standard InChI is InChI=1S/C19H30O3/c1-18-8-3-2-5-12(18)11-15(20)16-13(18)7-10-19(17(21)22)9-4-6-14(16)19/h4,9,12-17,20-22H,2-3,5-8,10-11H2,1H3/t12?,13-,14-,15?,16+,18-,19+/m0/s1. The summed E-state index contributed by atoms with van der Waals surface area (Å²) in [6.45, 7) is 2.46. The third kappa shape index (κ3) is 1.85. The number of rotatable bonds is 1. The van der Waals surface area contributed by atoms with Crippen LogP contribution in [-0.4, -0.2) is 27.7 Å². The van der Waals surface area contributed by atoms with Gasteiger partial charge in [0.05, 0.1) is 6.10 Å². The number of hydrogen-bond donors (Lipinski definition) is 3. The van der Waals surface area contributed by atoms with Crippen molar-refractivity contribution in [3.05, 3.63) is 12.2 Å². The van der Waals surface area contributed by atoms with Crippen LogP contribution in [0.2, 0.25) is 0 Å². The fourth-order valence-corrected chi connectivity index (χ4v) is 6.91. The van der Waals surface area contributed by atoms with Gasteiger partial charge >= 0.3 is 0 Å². The average molecular weight is 306 g/mol. The molecule has 2 unspecified atom stereocenters. The Hall–Kier alpha value is -0.380. The molecule has 4 rings (SSSR count). The van der Waals surface area contributed by atoms with Gasteiger partial charge < -0.3 is 15.3 Å².